The molecule has 0 heterocycles. The normalized spacial score (nSPS) is 12.5. The van der Waals surface area contributed by atoms with E-state index in [1.807, 2.05) is 0 Å². The second-order valence-corrected chi connectivity index (χ2v) is 8.37. The maximum absolute atomic E-state index is 12.9. The van der Waals surface area contributed by atoms with Gasteiger partial charge in [-0.15, -0.1) is 0 Å². The van der Waals surface area contributed by atoms with Crippen LogP contribution in [0, 0.1) is 0 Å². The van der Waals surface area contributed by atoms with Crippen molar-refractivity contribution in [3.63, 3.8) is 0 Å². The average Bonchev–Trinajstić information content (AvgIpc) is 2.56. The van der Waals surface area contributed by atoms with E-state index in [1.54, 1.807) is 6.92 Å². The highest BCUT2D eigenvalue weighted by molar-refractivity contribution is 7.90. The molecule has 138 valence electrons. The fourth-order valence-corrected chi connectivity index (χ4v) is 3.52. The van der Waals surface area contributed by atoms with Gasteiger partial charge in [-0.05, 0) is 36.8 Å². The predicted octanol–water partition coefficient (Wildman–Crippen LogP) is 3.93. The van der Waals surface area contributed by atoms with Crippen LogP contribution in [-0.2, 0) is 19.4 Å². The van der Waals surface area contributed by atoms with Gasteiger partial charge in [0.25, 0.3) is 0 Å². The molecule has 0 aliphatic rings. The van der Waals surface area contributed by atoms with E-state index in [1.165, 1.54) is 42.5 Å². The van der Waals surface area contributed by atoms with Gasteiger partial charge in [-0.2, -0.15) is 0 Å². The number of Topliss-reactive ketones (excluding diaryl/α,β-unsaturated/α-hetero) is 1. The lowest BCUT2D eigenvalue weighted by Gasteiger charge is -2.17. The first-order chi connectivity index (χ1) is 12.1. The van der Waals surface area contributed by atoms with Crippen LogP contribution in [0.1, 0.15) is 28.8 Å². The van der Waals surface area contributed by atoms with Crippen LogP contribution in [0.25, 0.3) is 0 Å². The van der Waals surface area contributed by atoms with Gasteiger partial charge in [0.15, 0.2) is 15.6 Å². The summed E-state index contributed by atoms with van der Waals surface area (Å²) in [5.41, 5.74) is 0.438. The molecule has 1 atom stereocenters. The Bertz CT molecular complexity index is 937. The van der Waals surface area contributed by atoms with E-state index < -0.39 is 27.5 Å². The van der Waals surface area contributed by atoms with Crippen LogP contribution in [0.3, 0.4) is 0 Å². The van der Waals surface area contributed by atoms with Gasteiger partial charge >= 0.3 is 5.97 Å². The molecule has 0 spiro atoms. The van der Waals surface area contributed by atoms with E-state index in [-0.39, 0.29) is 27.7 Å². The number of sulfone groups is 1. The maximum Gasteiger partial charge on any atom is 0.321 e. The summed E-state index contributed by atoms with van der Waals surface area (Å²) in [6, 6.07) is 9.79. The fourth-order valence-electron chi connectivity index (χ4n) is 2.37. The molecule has 2 aromatic carbocycles. The molecular formula is C18H16Cl2O5S. The van der Waals surface area contributed by atoms with Crippen LogP contribution in [0.15, 0.2) is 47.4 Å². The van der Waals surface area contributed by atoms with Crippen LogP contribution in [0.2, 0.25) is 10.0 Å². The Morgan fingerprint density at radius 1 is 1.08 bits per heavy atom. The summed E-state index contributed by atoms with van der Waals surface area (Å²) in [6.45, 7) is 1.73. The summed E-state index contributed by atoms with van der Waals surface area (Å²) in [5, 5.41) is 0.531. The summed E-state index contributed by atoms with van der Waals surface area (Å²) < 4.78 is 28.1. The van der Waals surface area contributed by atoms with Crippen molar-refractivity contribution >= 4 is 44.8 Å². The van der Waals surface area contributed by atoms with Crippen molar-refractivity contribution in [1.29, 1.82) is 0 Å². The molecule has 0 saturated carbocycles. The Morgan fingerprint density at radius 2 is 1.69 bits per heavy atom. The molecule has 1 unspecified atom stereocenters. The van der Waals surface area contributed by atoms with Gasteiger partial charge in [0.2, 0.25) is 0 Å². The lowest BCUT2D eigenvalue weighted by molar-refractivity contribution is -0.143. The zero-order valence-electron chi connectivity index (χ0n) is 14.0. The first-order valence-electron chi connectivity index (χ1n) is 7.61. The minimum Gasteiger partial charge on any atom is -0.465 e. The van der Waals surface area contributed by atoms with Crippen LogP contribution in [0.4, 0.5) is 0 Å². The molecule has 0 fully saturated rings. The smallest absolute Gasteiger partial charge is 0.321 e. The summed E-state index contributed by atoms with van der Waals surface area (Å²) in [6.07, 6.45) is 1.07. The first-order valence-corrected chi connectivity index (χ1v) is 10.3. The molecule has 2 aromatic rings. The van der Waals surface area contributed by atoms with Gasteiger partial charge < -0.3 is 4.74 Å². The molecule has 0 amide bonds. The molecule has 26 heavy (non-hydrogen) atoms. The van der Waals surface area contributed by atoms with Crippen molar-refractivity contribution in [3.8, 4) is 0 Å². The number of halogens is 2. The first kappa shape index (κ1) is 20.4. The van der Waals surface area contributed by atoms with E-state index in [4.69, 9.17) is 27.9 Å². The average molecular weight is 415 g/mol. The number of carbonyl (C=O) groups is 2. The van der Waals surface area contributed by atoms with E-state index in [0.717, 1.165) is 6.26 Å². The fraction of sp³-hybridized carbons (Fsp3) is 0.222. The van der Waals surface area contributed by atoms with Crippen molar-refractivity contribution in [2.75, 3.05) is 12.9 Å². The number of esters is 1. The Labute approximate surface area is 161 Å². The topological polar surface area (TPSA) is 77.5 Å². The number of benzene rings is 2. The number of ether oxygens (including phenoxy) is 1. The molecule has 5 nitrogen and oxygen atoms in total. The number of hydrogen-bond acceptors (Lipinski definition) is 5. The molecule has 0 N–H and O–H groups in total. The van der Waals surface area contributed by atoms with Gasteiger partial charge in [-0.25, -0.2) is 8.42 Å². The summed E-state index contributed by atoms with van der Waals surface area (Å²) >= 11 is 12.0. The van der Waals surface area contributed by atoms with Crippen LogP contribution in [0.5, 0.6) is 0 Å². The highest BCUT2D eigenvalue weighted by Crippen LogP contribution is 2.31. The maximum atomic E-state index is 12.9. The number of rotatable bonds is 6. The molecule has 2 rings (SSSR count). The number of carbonyl (C=O) groups excluding carboxylic acids is 2. The SMILES string of the molecule is CCOC(=O)C(C(=O)c1ccc(S(C)(=O)=O)cc1)c1ccc(Cl)cc1Cl. The van der Waals surface area contributed by atoms with E-state index >= 15 is 0 Å². The lowest BCUT2D eigenvalue weighted by Crippen LogP contribution is -2.25. The van der Waals surface area contributed by atoms with Crippen LogP contribution < -0.4 is 0 Å². The molecule has 8 heteroatoms. The third-order valence-electron chi connectivity index (χ3n) is 3.62. The van der Waals surface area contributed by atoms with Crippen LogP contribution in [-0.4, -0.2) is 33.0 Å². The molecular weight excluding hydrogens is 399 g/mol. The monoisotopic (exact) mass is 414 g/mol. The molecule has 0 aliphatic carbocycles. The Morgan fingerprint density at radius 3 is 2.19 bits per heavy atom. The third-order valence-corrected chi connectivity index (χ3v) is 5.32. The minimum absolute atomic E-state index is 0.0752. The lowest BCUT2D eigenvalue weighted by atomic mass is 9.90. The van der Waals surface area contributed by atoms with Gasteiger partial charge in [0.05, 0.1) is 11.5 Å². The van der Waals surface area contributed by atoms with Crippen molar-refractivity contribution in [3.05, 3.63) is 63.6 Å². The Balaban J connectivity index is 2.48. The third kappa shape index (κ3) is 4.63. The summed E-state index contributed by atoms with van der Waals surface area (Å²) in [4.78, 5) is 25.4. The van der Waals surface area contributed by atoms with E-state index in [9.17, 15) is 18.0 Å². The molecule has 0 aromatic heterocycles. The van der Waals surface area contributed by atoms with E-state index in [2.05, 4.69) is 0 Å². The predicted molar refractivity (Wildman–Crippen MR) is 99.7 cm³/mol. The molecule has 0 bridgehead atoms. The summed E-state index contributed by atoms with van der Waals surface area (Å²) in [7, 11) is -3.39. The van der Waals surface area contributed by atoms with Gasteiger partial charge in [-0.3, -0.25) is 9.59 Å². The summed E-state index contributed by atoms with van der Waals surface area (Å²) in [5.74, 6) is -2.56. The second-order valence-electron chi connectivity index (χ2n) is 5.51. The largest absolute Gasteiger partial charge is 0.465 e. The zero-order valence-corrected chi connectivity index (χ0v) is 16.4. The highest BCUT2D eigenvalue weighted by atomic mass is 35.5. The van der Waals surface area contributed by atoms with Crippen molar-refractivity contribution in [2.45, 2.75) is 17.7 Å². The molecule has 0 saturated heterocycles. The number of hydrogen-bond donors (Lipinski definition) is 0. The van der Waals surface area contributed by atoms with Gasteiger partial charge in [0, 0.05) is 21.9 Å². The van der Waals surface area contributed by atoms with Crippen molar-refractivity contribution in [2.24, 2.45) is 0 Å². The standard InChI is InChI=1S/C18H16Cl2O5S/c1-3-25-18(22)16(14-9-6-12(19)10-15(14)20)17(21)11-4-7-13(8-5-11)26(2,23)24/h4-10,16H,3H2,1-2H3. The number of ketones is 1. The molecule has 0 aliphatic heterocycles. The second kappa shape index (κ2) is 8.20. The highest BCUT2D eigenvalue weighted by Gasteiger charge is 2.32. The Hall–Kier alpha value is -1.89. The van der Waals surface area contributed by atoms with E-state index in [0.29, 0.717) is 5.02 Å². The quantitative estimate of drug-likeness (QED) is 0.406. The van der Waals surface area contributed by atoms with Gasteiger partial charge in [0.1, 0.15) is 5.92 Å². The van der Waals surface area contributed by atoms with Crippen molar-refractivity contribution < 1.29 is 22.7 Å². The van der Waals surface area contributed by atoms with Crippen molar-refractivity contribution in [1.82, 2.24) is 0 Å². The van der Waals surface area contributed by atoms with Gasteiger partial charge in [-0.1, -0.05) is 41.4 Å². The minimum atomic E-state index is -3.39. The molecule has 0 radical (unpaired) electrons. The zero-order chi connectivity index (χ0) is 19.5. The van der Waals surface area contributed by atoms with Crippen LogP contribution >= 0.6 is 23.2 Å². The Kier molecular flexibility index (Phi) is 6.44.